The highest BCUT2D eigenvalue weighted by molar-refractivity contribution is 7.92. The lowest BCUT2D eigenvalue weighted by atomic mass is 10.2. The van der Waals surface area contributed by atoms with E-state index in [4.69, 9.17) is 14.2 Å². The van der Waals surface area contributed by atoms with E-state index >= 15 is 0 Å². The van der Waals surface area contributed by atoms with E-state index in [0.717, 1.165) is 0 Å². The van der Waals surface area contributed by atoms with Crippen LogP contribution in [0.1, 0.15) is 20.8 Å². The van der Waals surface area contributed by atoms with Gasteiger partial charge in [-0.2, -0.15) is 0 Å². The number of sulfonamides is 1. The van der Waals surface area contributed by atoms with Crippen LogP contribution < -0.4 is 14.2 Å². The highest BCUT2D eigenvalue weighted by Crippen LogP contribution is 2.33. The molecule has 1 aliphatic heterocycles. The van der Waals surface area contributed by atoms with Crippen molar-refractivity contribution in [2.24, 2.45) is 0 Å². The molecule has 0 bridgehead atoms. The van der Waals surface area contributed by atoms with Gasteiger partial charge < -0.3 is 19.2 Å². The summed E-state index contributed by atoms with van der Waals surface area (Å²) in [5, 5.41) is 0. The average molecular weight is 442 g/mol. The molecule has 0 aliphatic carbocycles. The Labute approximate surface area is 178 Å². The van der Waals surface area contributed by atoms with Gasteiger partial charge in [0.05, 0.1) is 21.8 Å². The zero-order valence-electron chi connectivity index (χ0n) is 16.2. The molecule has 0 unspecified atom stereocenters. The molecule has 9 nitrogen and oxygen atoms in total. The third-order valence-electron chi connectivity index (χ3n) is 4.45. The third kappa shape index (κ3) is 4.53. The van der Waals surface area contributed by atoms with E-state index in [1.54, 1.807) is 30.5 Å². The molecular formula is C21H18N2O7S. The molecular weight excluding hydrogens is 424 g/mol. The van der Waals surface area contributed by atoms with E-state index in [9.17, 15) is 18.0 Å². The number of aromatic amines is 1. The average Bonchev–Trinajstić information content (AvgIpc) is 3.32. The number of ketones is 1. The van der Waals surface area contributed by atoms with Crippen molar-refractivity contribution in [1.82, 2.24) is 4.98 Å². The normalized spacial score (nSPS) is 12.8. The molecule has 1 aliphatic rings. The number of aromatic nitrogens is 1. The molecule has 10 heteroatoms. The first-order chi connectivity index (χ1) is 14.9. The summed E-state index contributed by atoms with van der Waals surface area (Å²) < 4.78 is 44.0. The number of rotatable bonds is 7. The summed E-state index contributed by atoms with van der Waals surface area (Å²) in [6.45, 7) is 0.224. The number of hydrogen-bond acceptors (Lipinski definition) is 7. The summed E-state index contributed by atoms with van der Waals surface area (Å²) in [5.41, 5.74) is 0.304. The number of carbonyl (C=O) groups is 2. The van der Waals surface area contributed by atoms with E-state index in [1.165, 1.54) is 30.3 Å². The minimum absolute atomic E-state index is 0.0229. The molecule has 4 rings (SSSR count). The standard InChI is InChI=1S/C21H18N2O7S/c24-18(17-6-3-9-22-17)13-30-21(25)15-4-1-2-5-16(15)23-31(26,27)14-7-8-19-20(12-14)29-11-10-28-19/h1-9,12,22-23H,10-11,13H2. The molecule has 0 fully saturated rings. The van der Waals surface area contributed by atoms with E-state index in [0.29, 0.717) is 30.4 Å². The number of carbonyl (C=O) groups excluding carboxylic acids is 2. The van der Waals surface area contributed by atoms with Crippen molar-refractivity contribution in [1.29, 1.82) is 0 Å². The number of benzene rings is 2. The number of Topliss-reactive ketones (excluding diaryl/α,β-unsaturated/α-hetero) is 1. The maximum absolute atomic E-state index is 12.9. The molecule has 2 aromatic carbocycles. The van der Waals surface area contributed by atoms with Crippen LogP contribution in [0.15, 0.2) is 65.7 Å². The maximum atomic E-state index is 12.9. The molecule has 0 spiro atoms. The number of nitrogens with one attached hydrogen (secondary N) is 2. The van der Waals surface area contributed by atoms with Crippen LogP contribution in [0.3, 0.4) is 0 Å². The number of fused-ring (bicyclic) bond motifs is 1. The van der Waals surface area contributed by atoms with Crippen LogP contribution in [0, 0.1) is 0 Å². The van der Waals surface area contributed by atoms with Crippen LogP contribution in [0.2, 0.25) is 0 Å². The molecule has 160 valence electrons. The van der Waals surface area contributed by atoms with Crippen LogP contribution in [-0.2, 0) is 14.8 Å². The highest BCUT2D eigenvalue weighted by atomic mass is 32.2. The third-order valence-corrected chi connectivity index (χ3v) is 5.81. The van der Waals surface area contributed by atoms with Gasteiger partial charge in [-0.1, -0.05) is 12.1 Å². The van der Waals surface area contributed by atoms with Crippen molar-refractivity contribution >= 4 is 27.5 Å². The van der Waals surface area contributed by atoms with E-state index < -0.39 is 28.4 Å². The molecule has 0 saturated heterocycles. The van der Waals surface area contributed by atoms with Crippen LogP contribution in [0.5, 0.6) is 11.5 Å². The summed E-state index contributed by atoms with van der Waals surface area (Å²) >= 11 is 0. The predicted octanol–water partition coefficient (Wildman–Crippen LogP) is 2.63. The van der Waals surface area contributed by atoms with Gasteiger partial charge in [0.1, 0.15) is 13.2 Å². The fourth-order valence-electron chi connectivity index (χ4n) is 2.94. The minimum Gasteiger partial charge on any atom is -0.486 e. The first-order valence-electron chi connectivity index (χ1n) is 9.29. The van der Waals surface area contributed by atoms with Crippen molar-refractivity contribution in [3.8, 4) is 11.5 Å². The molecule has 1 aromatic heterocycles. The number of esters is 1. The van der Waals surface area contributed by atoms with Crippen LogP contribution >= 0.6 is 0 Å². The van der Waals surface area contributed by atoms with Gasteiger partial charge in [0.25, 0.3) is 10.0 Å². The molecule has 3 aromatic rings. The Hall–Kier alpha value is -3.79. The van der Waals surface area contributed by atoms with Crippen molar-refractivity contribution < 1.29 is 32.2 Å². The Balaban J connectivity index is 1.51. The first-order valence-corrected chi connectivity index (χ1v) is 10.8. The fraction of sp³-hybridized carbons (Fsp3) is 0.143. The number of ether oxygens (including phenoxy) is 3. The van der Waals surface area contributed by atoms with E-state index in [2.05, 4.69) is 9.71 Å². The van der Waals surface area contributed by atoms with Gasteiger partial charge in [-0.3, -0.25) is 9.52 Å². The molecule has 0 amide bonds. The Kier molecular flexibility index (Phi) is 5.63. The molecule has 0 atom stereocenters. The second-order valence-electron chi connectivity index (χ2n) is 6.54. The summed E-state index contributed by atoms with van der Waals surface area (Å²) in [7, 11) is -4.03. The van der Waals surface area contributed by atoms with Gasteiger partial charge in [-0.05, 0) is 36.4 Å². The first kappa shape index (κ1) is 20.5. The number of para-hydroxylation sites is 1. The Morgan fingerprint density at radius 3 is 2.55 bits per heavy atom. The number of anilines is 1. The monoisotopic (exact) mass is 442 g/mol. The lowest BCUT2D eigenvalue weighted by Crippen LogP contribution is -2.19. The topological polar surface area (TPSA) is 124 Å². The second kappa shape index (κ2) is 8.52. The zero-order chi connectivity index (χ0) is 21.8. The van der Waals surface area contributed by atoms with E-state index in [-0.39, 0.29) is 16.1 Å². The van der Waals surface area contributed by atoms with Crippen molar-refractivity contribution in [2.45, 2.75) is 4.90 Å². The van der Waals surface area contributed by atoms with Gasteiger partial charge in [-0.15, -0.1) is 0 Å². The highest BCUT2D eigenvalue weighted by Gasteiger charge is 2.22. The maximum Gasteiger partial charge on any atom is 0.340 e. The number of hydrogen-bond donors (Lipinski definition) is 2. The predicted molar refractivity (Wildman–Crippen MR) is 110 cm³/mol. The van der Waals surface area contributed by atoms with Crippen molar-refractivity contribution in [3.63, 3.8) is 0 Å². The Bertz CT molecular complexity index is 1220. The fourth-order valence-corrected chi connectivity index (χ4v) is 4.03. The van der Waals surface area contributed by atoms with Crippen LogP contribution in [0.25, 0.3) is 0 Å². The zero-order valence-corrected chi connectivity index (χ0v) is 17.0. The largest absolute Gasteiger partial charge is 0.486 e. The van der Waals surface area contributed by atoms with Crippen molar-refractivity contribution in [2.75, 3.05) is 24.5 Å². The molecule has 2 heterocycles. The summed E-state index contributed by atoms with van der Waals surface area (Å²) in [4.78, 5) is 27.2. The number of H-pyrrole nitrogens is 1. The summed E-state index contributed by atoms with van der Waals surface area (Å²) in [6, 6.07) is 13.4. The van der Waals surface area contributed by atoms with Gasteiger partial charge in [0.2, 0.25) is 5.78 Å². The van der Waals surface area contributed by atoms with E-state index in [1.807, 2.05) is 0 Å². The van der Waals surface area contributed by atoms with Crippen LogP contribution in [0.4, 0.5) is 5.69 Å². The molecule has 0 saturated carbocycles. The van der Waals surface area contributed by atoms with Gasteiger partial charge in [0, 0.05) is 12.3 Å². The SMILES string of the molecule is O=C(COC(=O)c1ccccc1NS(=O)(=O)c1ccc2c(c1)OCCO2)c1ccc[nH]1. The quantitative estimate of drug-likeness (QED) is 0.426. The molecule has 0 radical (unpaired) electrons. The van der Waals surface area contributed by atoms with Gasteiger partial charge in [-0.25, -0.2) is 13.2 Å². The molecule has 31 heavy (non-hydrogen) atoms. The van der Waals surface area contributed by atoms with Crippen LogP contribution in [-0.4, -0.2) is 45.0 Å². The Morgan fingerprint density at radius 2 is 1.77 bits per heavy atom. The minimum atomic E-state index is -4.03. The van der Waals surface area contributed by atoms with Crippen molar-refractivity contribution in [3.05, 3.63) is 72.1 Å². The summed E-state index contributed by atoms with van der Waals surface area (Å²) in [6.07, 6.45) is 1.58. The van der Waals surface area contributed by atoms with Gasteiger partial charge in [0.15, 0.2) is 18.1 Å². The smallest absolute Gasteiger partial charge is 0.340 e. The molecule has 2 N–H and O–H groups in total. The summed E-state index contributed by atoms with van der Waals surface area (Å²) in [5.74, 6) is -0.460. The Morgan fingerprint density at radius 1 is 1.00 bits per heavy atom. The second-order valence-corrected chi connectivity index (χ2v) is 8.22. The lowest BCUT2D eigenvalue weighted by molar-refractivity contribution is 0.0474. The lowest BCUT2D eigenvalue weighted by Gasteiger charge is -2.19. The van der Waals surface area contributed by atoms with Gasteiger partial charge >= 0.3 is 5.97 Å².